The van der Waals surface area contributed by atoms with Gasteiger partial charge < -0.3 is 33.8 Å². The number of aliphatic hydroxyl groups is 1. The molecule has 600 valence electrons. The number of rotatable bonds is 82. The van der Waals surface area contributed by atoms with E-state index in [0.29, 0.717) is 25.7 Å². The van der Waals surface area contributed by atoms with Gasteiger partial charge in [-0.15, -0.1) is 0 Å². The minimum absolute atomic E-state index is 0.108. The number of unbranched alkanes of at least 4 members (excludes halogenated alkanes) is 54. The lowest BCUT2D eigenvalue weighted by Crippen LogP contribution is -2.30. The SMILES string of the molecule is CCCCCCCCCCCCCCCCCCCCCC(=O)O[C@H](COC(=O)CCCCCCCCCCCCCCCCC)COP(=O)(O)OC[C@@H](O)COP(=O)(O)OC[C@@H](COC(=O)CCCCCCCCCCCC(C)C)OC(=O)CCCCCCCCCCCCCCCCC. The first kappa shape index (κ1) is 99.1. The van der Waals surface area contributed by atoms with Crippen LogP contribution in [0.3, 0.4) is 0 Å². The van der Waals surface area contributed by atoms with Crippen molar-refractivity contribution in [2.45, 2.75) is 457 Å². The summed E-state index contributed by atoms with van der Waals surface area (Å²) in [7, 11) is -9.92. The number of carbonyl (C=O) groups is 4. The molecule has 0 aromatic carbocycles. The van der Waals surface area contributed by atoms with Crippen molar-refractivity contribution in [1.29, 1.82) is 0 Å². The number of aliphatic hydroxyl groups excluding tert-OH is 1. The topological polar surface area (TPSA) is 237 Å². The van der Waals surface area contributed by atoms with Crippen LogP contribution in [0.4, 0.5) is 0 Å². The quantitative estimate of drug-likeness (QED) is 0.0222. The molecule has 101 heavy (non-hydrogen) atoms. The van der Waals surface area contributed by atoms with Gasteiger partial charge in [0.15, 0.2) is 12.2 Å². The molecule has 0 saturated carbocycles. The van der Waals surface area contributed by atoms with E-state index >= 15 is 0 Å². The van der Waals surface area contributed by atoms with E-state index in [0.717, 1.165) is 95.8 Å². The molecule has 0 rings (SSSR count). The van der Waals surface area contributed by atoms with E-state index in [9.17, 15) is 43.2 Å². The third-order valence-corrected chi connectivity index (χ3v) is 21.2. The lowest BCUT2D eigenvalue weighted by Gasteiger charge is -2.21. The van der Waals surface area contributed by atoms with Gasteiger partial charge in [-0.1, -0.05) is 388 Å². The molecular weight excluding hydrogens is 1320 g/mol. The predicted molar refractivity (Wildman–Crippen MR) is 414 cm³/mol. The van der Waals surface area contributed by atoms with Crippen molar-refractivity contribution in [3.8, 4) is 0 Å². The first-order valence-electron chi connectivity index (χ1n) is 42.6. The molecular formula is C82H160O17P2. The average Bonchev–Trinajstić information content (AvgIpc) is 0.953. The van der Waals surface area contributed by atoms with Crippen LogP contribution in [0, 0.1) is 5.92 Å². The van der Waals surface area contributed by atoms with E-state index in [4.69, 9.17) is 37.0 Å². The van der Waals surface area contributed by atoms with E-state index in [1.54, 1.807) is 0 Å². The molecule has 0 heterocycles. The molecule has 0 spiro atoms. The Balaban J connectivity index is 5.25. The maximum absolute atomic E-state index is 13.1. The van der Waals surface area contributed by atoms with Crippen LogP contribution >= 0.6 is 15.6 Å². The summed E-state index contributed by atoms with van der Waals surface area (Å²) < 4.78 is 68.8. The third-order valence-electron chi connectivity index (χ3n) is 19.3. The van der Waals surface area contributed by atoms with Crippen molar-refractivity contribution < 1.29 is 80.2 Å². The summed E-state index contributed by atoms with van der Waals surface area (Å²) in [5.41, 5.74) is 0. The largest absolute Gasteiger partial charge is 0.472 e. The molecule has 0 aliphatic carbocycles. The average molecular weight is 1480 g/mol. The molecule has 3 N–H and O–H groups in total. The molecule has 0 aromatic rings. The molecule has 0 amide bonds. The van der Waals surface area contributed by atoms with Crippen LogP contribution in [-0.2, 0) is 65.4 Å². The molecule has 5 atom stereocenters. The second-order valence-corrected chi connectivity index (χ2v) is 32.9. The summed E-state index contributed by atoms with van der Waals surface area (Å²) in [6.07, 6.45) is 66.5. The molecule has 0 bridgehead atoms. The van der Waals surface area contributed by atoms with Gasteiger partial charge in [-0.25, -0.2) is 9.13 Å². The lowest BCUT2D eigenvalue weighted by atomic mass is 10.0. The summed E-state index contributed by atoms with van der Waals surface area (Å²) in [5.74, 6) is -1.36. The van der Waals surface area contributed by atoms with Gasteiger partial charge in [0.2, 0.25) is 0 Å². The lowest BCUT2D eigenvalue weighted by molar-refractivity contribution is -0.161. The summed E-state index contributed by atoms with van der Waals surface area (Å²) in [5, 5.41) is 10.7. The molecule has 0 saturated heterocycles. The highest BCUT2D eigenvalue weighted by Crippen LogP contribution is 2.45. The van der Waals surface area contributed by atoms with E-state index in [1.807, 2.05) is 0 Å². The Labute approximate surface area is 619 Å². The van der Waals surface area contributed by atoms with E-state index < -0.39 is 97.5 Å². The van der Waals surface area contributed by atoms with Crippen molar-refractivity contribution >= 4 is 39.5 Å². The minimum atomic E-state index is -4.96. The fourth-order valence-corrected chi connectivity index (χ4v) is 14.3. The van der Waals surface area contributed by atoms with Crippen LogP contribution in [0.15, 0.2) is 0 Å². The number of hydrogen-bond acceptors (Lipinski definition) is 15. The van der Waals surface area contributed by atoms with E-state index in [1.165, 1.54) is 263 Å². The molecule has 0 radical (unpaired) electrons. The summed E-state index contributed by atoms with van der Waals surface area (Å²) in [6.45, 7) is 7.33. The summed E-state index contributed by atoms with van der Waals surface area (Å²) >= 11 is 0. The Hall–Kier alpha value is -1.94. The van der Waals surface area contributed by atoms with Gasteiger partial charge in [-0.05, 0) is 31.6 Å². The van der Waals surface area contributed by atoms with E-state index in [2.05, 4.69) is 34.6 Å². The molecule has 0 fully saturated rings. The predicted octanol–water partition coefficient (Wildman–Crippen LogP) is 24.8. The van der Waals surface area contributed by atoms with Gasteiger partial charge >= 0.3 is 39.5 Å². The van der Waals surface area contributed by atoms with Crippen LogP contribution in [0.2, 0.25) is 0 Å². The Morgan fingerprint density at radius 2 is 0.455 bits per heavy atom. The zero-order chi connectivity index (χ0) is 74.1. The highest BCUT2D eigenvalue weighted by atomic mass is 31.2. The highest BCUT2D eigenvalue weighted by Gasteiger charge is 2.30. The first-order chi connectivity index (χ1) is 49.0. The number of carbonyl (C=O) groups excluding carboxylic acids is 4. The van der Waals surface area contributed by atoms with Crippen molar-refractivity contribution in [2.75, 3.05) is 39.6 Å². The van der Waals surface area contributed by atoms with Gasteiger partial charge in [0.1, 0.15) is 19.3 Å². The fourth-order valence-electron chi connectivity index (χ4n) is 12.8. The van der Waals surface area contributed by atoms with Crippen molar-refractivity contribution in [3.63, 3.8) is 0 Å². The van der Waals surface area contributed by atoms with Gasteiger partial charge in [0, 0.05) is 25.7 Å². The van der Waals surface area contributed by atoms with Crippen molar-refractivity contribution in [2.24, 2.45) is 5.92 Å². The maximum atomic E-state index is 13.1. The fraction of sp³-hybridized carbons (Fsp3) is 0.951. The van der Waals surface area contributed by atoms with Crippen LogP contribution in [0.25, 0.3) is 0 Å². The Kier molecular flexibility index (Phi) is 73.5. The van der Waals surface area contributed by atoms with Crippen LogP contribution in [-0.4, -0.2) is 96.7 Å². The molecule has 2 unspecified atom stereocenters. The highest BCUT2D eigenvalue weighted by molar-refractivity contribution is 7.47. The second-order valence-electron chi connectivity index (χ2n) is 30.0. The second kappa shape index (κ2) is 74.9. The summed E-state index contributed by atoms with van der Waals surface area (Å²) in [4.78, 5) is 73.1. The van der Waals surface area contributed by atoms with Gasteiger partial charge in [-0.3, -0.25) is 37.3 Å². The summed E-state index contributed by atoms with van der Waals surface area (Å²) in [6, 6.07) is 0. The van der Waals surface area contributed by atoms with Gasteiger partial charge in [0.25, 0.3) is 0 Å². The molecule has 17 nitrogen and oxygen atoms in total. The molecule has 0 aliphatic heterocycles. The van der Waals surface area contributed by atoms with Gasteiger partial charge in [0.05, 0.1) is 26.4 Å². The number of phosphoric ester groups is 2. The Morgan fingerprint density at radius 3 is 0.673 bits per heavy atom. The standard InChI is InChI=1S/C82H160O17P2/c1-6-9-12-15-18-21-24-27-30-31-32-33-36-39-42-47-53-58-63-68-82(87)98-77(71-92-79(84)65-60-55-50-45-40-37-34-28-25-22-19-16-13-10-7-2)73-96-100(88,89)94-69-76(83)70-95-101(90,91)97-74-78(72-93-80(85)66-61-56-51-48-43-44-49-54-59-64-75(4)5)99-81(86)67-62-57-52-46-41-38-35-29-26-23-20-17-14-11-8-3/h75-78,83H,6-74H2,1-5H3,(H,88,89)(H,90,91)/t76-,77-,78-/m1/s1. The zero-order valence-electron chi connectivity index (χ0n) is 66.1. The molecule has 19 heteroatoms. The minimum Gasteiger partial charge on any atom is -0.462 e. The van der Waals surface area contributed by atoms with E-state index in [-0.39, 0.29) is 25.7 Å². The zero-order valence-corrected chi connectivity index (χ0v) is 67.8. The van der Waals surface area contributed by atoms with Gasteiger partial charge in [-0.2, -0.15) is 0 Å². The van der Waals surface area contributed by atoms with Crippen molar-refractivity contribution in [1.82, 2.24) is 0 Å². The van der Waals surface area contributed by atoms with Crippen molar-refractivity contribution in [3.05, 3.63) is 0 Å². The number of ether oxygens (including phenoxy) is 4. The molecule has 0 aromatic heterocycles. The number of phosphoric acid groups is 2. The smallest absolute Gasteiger partial charge is 0.462 e. The first-order valence-corrected chi connectivity index (χ1v) is 45.6. The third kappa shape index (κ3) is 76.1. The maximum Gasteiger partial charge on any atom is 0.472 e. The van der Waals surface area contributed by atoms with Crippen LogP contribution in [0.5, 0.6) is 0 Å². The Bertz CT molecular complexity index is 1930. The molecule has 0 aliphatic rings. The Morgan fingerprint density at radius 1 is 0.267 bits per heavy atom. The monoisotopic (exact) mass is 1480 g/mol. The van der Waals surface area contributed by atoms with Crippen LogP contribution < -0.4 is 0 Å². The number of hydrogen-bond donors (Lipinski definition) is 3. The number of esters is 4. The normalized spacial score (nSPS) is 13.8. The van der Waals surface area contributed by atoms with Crippen LogP contribution in [0.1, 0.15) is 439 Å².